The van der Waals surface area contributed by atoms with E-state index in [0.717, 1.165) is 13.0 Å². The maximum absolute atomic E-state index is 10.7. The third kappa shape index (κ3) is 2.63. The van der Waals surface area contributed by atoms with E-state index in [2.05, 4.69) is 11.9 Å². The molecule has 2 rings (SSSR count). The summed E-state index contributed by atoms with van der Waals surface area (Å²) in [6.45, 7) is 3.55. The molecule has 19 heavy (non-hydrogen) atoms. The highest BCUT2D eigenvalue weighted by Gasteiger charge is 2.25. The van der Waals surface area contributed by atoms with Gasteiger partial charge in [0.25, 0.3) is 0 Å². The molecule has 0 bridgehead atoms. The second-order valence-electron chi connectivity index (χ2n) is 4.78. The molecule has 0 aromatic carbocycles. The number of piperidine rings is 1. The van der Waals surface area contributed by atoms with Crippen molar-refractivity contribution in [1.82, 2.24) is 4.98 Å². The molecule has 2 N–H and O–H groups in total. The van der Waals surface area contributed by atoms with Crippen LogP contribution in [0.25, 0.3) is 0 Å². The largest absolute Gasteiger partial charge is 0.355 e. The predicted molar refractivity (Wildman–Crippen MR) is 69.6 cm³/mol. The van der Waals surface area contributed by atoms with Gasteiger partial charge in [0.15, 0.2) is 0 Å². The van der Waals surface area contributed by atoms with E-state index in [4.69, 9.17) is 11.0 Å². The van der Waals surface area contributed by atoms with Gasteiger partial charge < -0.3 is 10.6 Å². The highest BCUT2D eigenvalue weighted by atomic mass is 16.6. The summed E-state index contributed by atoms with van der Waals surface area (Å²) >= 11 is 0. The third-order valence-electron chi connectivity index (χ3n) is 3.50. The van der Waals surface area contributed by atoms with Crippen LogP contribution in [0.5, 0.6) is 0 Å². The van der Waals surface area contributed by atoms with Crippen LogP contribution in [-0.2, 0) is 0 Å². The van der Waals surface area contributed by atoms with Gasteiger partial charge in [-0.05, 0) is 18.4 Å². The monoisotopic (exact) mass is 261 g/mol. The van der Waals surface area contributed by atoms with Crippen molar-refractivity contribution < 1.29 is 4.92 Å². The van der Waals surface area contributed by atoms with Gasteiger partial charge in [-0.25, -0.2) is 4.98 Å². The van der Waals surface area contributed by atoms with Gasteiger partial charge in [-0.2, -0.15) is 5.26 Å². The number of rotatable bonds is 2. The van der Waals surface area contributed by atoms with Crippen molar-refractivity contribution >= 4 is 11.5 Å². The van der Waals surface area contributed by atoms with Crippen LogP contribution in [0.4, 0.5) is 11.5 Å². The van der Waals surface area contributed by atoms with E-state index in [1.54, 1.807) is 12.1 Å². The van der Waals surface area contributed by atoms with Crippen molar-refractivity contribution in [3.8, 4) is 6.07 Å². The Kier molecular flexibility index (Phi) is 3.62. The lowest BCUT2D eigenvalue weighted by atomic mass is 9.94. The van der Waals surface area contributed by atoms with E-state index < -0.39 is 4.92 Å². The molecule has 0 aliphatic carbocycles. The van der Waals surface area contributed by atoms with Crippen molar-refractivity contribution in [3.05, 3.63) is 27.9 Å². The van der Waals surface area contributed by atoms with Crippen molar-refractivity contribution in [1.29, 1.82) is 5.26 Å². The molecule has 1 aliphatic rings. The molecule has 1 aromatic rings. The highest BCUT2D eigenvalue weighted by Crippen LogP contribution is 2.24. The Labute approximate surface area is 110 Å². The lowest BCUT2D eigenvalue weighted by Crippen LogP contribution is -2.47. The fourth-order valence-corrected chi connectivity index (χ4v) is 2.15. The smallest absolute Gasteiger partial charge is 0.305 e. The summed E-state index contributed by atoms with van der Waals surface area (Å²) in [5.41, 5.74) is 5.59. The number of nitrogens with two attached hydrogens (primary N) is 1. The molecule has 1 aromatic heterocycles. The predicted octanol–water partition coefficient (Wildman–Crippen LogP) is 1.03. The van der Waals surface area contributed by atoms with Gasteiger partial charge in [0.2, 0.25) is 5.69 Å². The molecular formula is C12H15N5O2. The molecule has 0 spiro atoms. The fourth-order valence-electron chi connectivity index (χ4n) is 2.15. The van der Waals surface area contributed by atoms with E-state index >= 15 is 0 Å². The average molecular weight is 261 g/mol. The van der Waals surface area contributed by atoms with Crippen LogP contribution in [0.1, 0.15) is 19.0 Å². The zero-order chi connectivity index (χ0) is 14.0. The molecular weight excluding hydrogens is 246 g/mol. The number of aromatic nitrogens is 1. The molecule has 1 fully saturated rings. The van der Waals surface area contributed by atoms with Crippen molar-refractivity contribution in [2.45, 2.75) is 19.4 Å². The summed E-state index contributed by atoms with van der Waals surface area (Å²) in [6.07, 6.45) is 0.946. The van der Waals surface area contributed by atoms with Crippen LogP contribution < -0.4 is 10.6 Å². The minimum absolute atomic E-state index is 0.0521. The number of anilines is 1. The average Bonchev–Trinajstić information content (AvgIpc) is 2.41. The number of nitrogens with zero attached hydrogens (tertiary/aromatic N) is 4. The van der Waals surface area contributed by atoms with Gasteiger partial charge in [0.05, 0.1) is 4.92 Å². The Morgan fingerprint density at radius 2 is 2.37 bits per heavy atom. The van der Waals surface area contributed by atoms with E-state index in [-0.39, 0.29) is 17.4 Å². The molecule has 100 valence electrons. The summed E-state index contributed by atoms with van der Waals surface area (Å²) < 4.78 is 0. The van der Waals surface area contributed by atoms with Crippen molar-refractivity contribution in [2.24, 2.45) is 11.7 Å². The molecule has 2 heterocycles. The Hall–Kier alpha value is -2.20. The minimum atomic E-state index is -0.598. The lowest BCUT2D eigenvalue weighted by Gasteiger charge is -2.35. The first-order valence-electron chi connectivity index (χ1n) is 6.09. The van der Waals surface area contributed by atoms with Crippen LogP contribution in [0.3, 0.4) is 0 Å². The Morgan fingerprint density at radius 1 is 1.63 bits per heavy atom. The van der Waals surface area contributed by atoms with E-state index in [1.807, 2.05) is 4.90 Å². The van der Waals surface area contributed by atoms with Crippen LogP contribution in [0, 0.1) is 27.4 Å². The SMILES string of the molecule is CC1CCN(c2ccc([N+](=O)[O-])c(C#N)n2)CC1N. The van der Waals surface area contributed by atoms with Gasteiger partial charge in [0.1, 0.15) is 11.9 Å². The Balaban J connectivity index is 2.27. The minimum Gasteiger partial charge on any atom is -0.355 e. The van der Waals surface area contributed by atoms with Gasteiger partial charge in [0, 0.05) is 25.2 Å². The van der Waals surface area contributed by atoms with Gasteiger partial charge >= 0.3 is 5.69 Å². The van der Waals surface area contributed by atoms with E-state index in [1.165, 1.54) is 6.07 Å². The summed E-state index contributed by atoms with van der Waals surface area (Å²) in [4.78, 5) is 16.2. The molecule has 7 heteroatoms. The van der Waals surface area contributed by atoms with Crippen LogP contribution in [-0.4, -0.2) is 29.0 Å². The molecule has 0 radical (unpaired) electrons. The maximum atomic E-state index is 10.7. The summed E-state index contributed by atoms with van der Waals surface area (Å²) in [7, 11) is 0. The Bertz CT molecular complexity index is 539. The summed E-state index contributed by atoms with van der Waals surface area (Å²) in [5.74, 6) is 1.02. The normalized spacial score (nSPS) is 22.9. The maximum Gasteiger partial charge on any atom is 0.305 e. The fraction of sp³-hybridized carbons (Fsp3) is 0.500. The van der Waals surface area contributed by atoms with Gasteiger partial charge in [-0.15, -0.1) is 0 Å². The first-order valence-corrected chi connectivity index (χ1v) is 6.09. The van der Waals surface area contributed by atoms with Crippen LogP contribution >= 0.6 is 0 Å². The van der Waals surface area contributed by atoms with Crippen molar-refractivity contribution in [2.75, 3.05) is 18.0 Å². The van der Waals surface area contributed by atoms with Gasteiger partial charge in [-0.1, -0.05) is 6.92 Å². The number of nitro groups is 1. The topological polar surface area (TPSA) is 109 Å². The first kappa shape index (κ1) is 13.2. The second-order valence-corrected chi connectivity index (χ2v) is 4.78. The van der Waals surface area contributed by atoms with Crippen molar-refractivity contribution in [3.63, 3.8) is 0 Å². The first-order chi connectivity index (χ1) is 9.02. The van der Waals surface area contributed by atoms with Crippen LogP contribution in [0.2, 0.25) is 0 Å². The molecule has 7 nitrogen and oxygen atoms in total. The van der Waals surface area contributed by atoms with Crippen LogP contribution in [0.15, 0.2) is 12.1 Å². The third-order valence-corrected chi connectivity index (χ3v) is 3.50. The Morgan fingerprint density at radius 3 is 2.95 bits per heavy atom. The molecule has 1 saturated heterocycles. The zero-order valence-electron chi connectivity index (χ0n) is 10.6. The van der Waals surface area contributed by atoms with E-state index in [9.17, 15) is 10.1 Å². The van der Waals surface area contributed by atoms with E-state index in [0.29, 0.717) is 18.3 Å². The molecule has 2 unspecified atom stereocenters. The standard InChI is InChI=1S/C12H15N5O2/c1-8-4-5-16(7-9(8)14)12-3-2-11(17(18)19)10(6-13)15-12/h2-3,8-9H,4-5,7,14H2,1H3. The lowest BCUT2D eigenvalue weighted by molar-refractivity contribution is -0.385. The number of hydrogen-bond acceptors (Lipinski definition) is 6. The number of hydrogen-bond donors (Lipinski definition) is 1. The molecule has 2 atom stereocenters. The second kappa shape index (κ2) is 5.20. The molecule has 1 aliphatic heterocycles. The quantitative estimate of drug-likeness (QED) is 0.629. The van der Waals surface area contributed by atoms with Gasteiger partial charge in [-0.3, -0.25) is 10.1 Å². The summed E-state index contributed by atoms with van der Waals surface area (Å²) in [6, 6.07) is 4.71. The zero-order valence-corrected chi connectivity index (χ0v) is 10.6. The number of pyridine rings is 1. The summed E-state index contributed by atoms with van der Waals surface area (Å²) in [5, 5.41) is 19.7. The highest BCUT2D eigenvalue weighted by molar-refractivity contribution is 5.51. The number of nitriles is 1. The molecule has 0 saturated carbocycles. The molecule has 0 amide bonds.